The Bertz CT molecular complexity index is 599. The predicted octanol–water partition coefficient (Wildman–Crippen LogP) is 2.97. The first kappa shape index (κ1) is 15.8. The second kappa shape index (κ2) is 6.90. The zero-order chi connectivity index (χ0) is 15.4. The number of nitrogens with one attached hydrogen (secondary N) is 1. The molecule has 1 atom stereocenters. The molecule has 1 aromatic heterocycles. The minimum absolute atomic E-state index is 0.437. The van der Waals surface area contributed by atoms with Crippen molar-refractivity contribution in [3.05, 3.63) is 52.3 Å². The maximum atomic E-state index is 4.54. The van der Waals surface area contributed by atoms with Crippen LogP contribution in [0.5, 0.6) is 0 Å². The molecule has 0 fully saturated rings. The number of nitrogens with zero attached hydrogens (tertiary/aromatic N) is 2. The first-order chi connectivity index (χ1) is 10.0. The van der Waals surface area contributed by atoms with Crippen molar-refractivity contribution in [2.24, 2.45) is 7.05 Å². The highest BCUT2D eigenvalue weighted by molar-refractivity contribution is 5.30. The zero-order valence-corrected chi connectivity index (χ0v) is 13.9. The van der Waals surface area contributed by atoms with E-state index in [9.17, 15) is 0 Å². The molecule has 0 saturated heterocycles. The summed E-state index contributed by atoms with van der Waals surface area (Å²) in [7, 11) is 4.08. The molecule has 0 radical (unpaired) electrons. The van der Waals surface area contributed by atoms with Gasteiger partial charge in [0, 0.05) is 25.2 Å². The van der Waals surface area contributed by atoms with Gasteiger partial charge in [-0.15, -0.1) is 0 Å². The molecule has 1 aromatic carbocycles. The Hall–Kier alpha value is -1.61. The quantitative estimate of drug-likeness (QED) is 0.884. The van der Waals surface area contributed by atoms with Crippen molar-refractivity contribution >= 4 is 0 Å². The molecule has 114 valence electrons. The van der Waals surface area contributed by atoms with Gasteiger partial charge in [0.2, 0.25) is 0 Å². The molecular weight excluding hydrogens is 258 g/mol. The van der Waals surface area contributed by atoms with E-state index in [0.717, 1.165) is 19.3 Å². The van der Waals surface area contributed by atoms with Gasteiger partial charge in [-0.3, -0.25) is 4.68 Å². The van der Waals surface area contributed by atoms with Gasteiger partial charge in [0.15, 0.2) is 0 Å². The standard InChI is InChI=1S/C18H27N3/c1-6-16-11-18(21(5)20-16)12-17(19-4)10-15-8-7-13(2)14(3)9-15/h7-9,11,17,19H,6,10,12H2,1-5H3. The van der Waals surface area contributed by atoms with E-state index in [1.807, 2.05) is 18.8 Å². The van der Waals surface area contributed by atoms with E-state index in [0.29, 0.717) is 6.04 Å². The van der Waals surface area contributed by atoms with Crippen LogP contribution in [0.3, 0.4) is 0 Å². The van der Waals surface area contributed by atoms with Gasteiger partial charge in [0.1, 0.15) is 0 Å². The van der Waals surface area contributed by atoms with Crippen molar-refractivity contribution in [1.29, 1.82) is 0 Å². The Balaban J connectivity index is 2.08. The highest BCUT2D eigenvalue weighted by Gasteiger charge is 2.12. The molecule has 0 amide bonds. The number of rotatable bonds is 6. The van der Waals surface area contributed by atoms with Crippen LogP contribution in [0.4, 0.5) is 0 Å². The van der Waals surface area contributed by atoms with E-state index in [1.165, 1.54) is 28.1 Å². The second-order valence-corrected chi connectivity index (χ2v) is 5.92. The molecular formula is C18H27N3. The number of hydrogen-bond acceptors (Lipinski definition) is 2. The van der Waals surface area contributed by atoms with Crippen LogP contribution in [0.2, 0.25) is 0 Å². The van der Waals surface area contributed by atoms with Gasteiger partial charge in [-0.05, 0) is 56.5 Å². The van der Waals surface area contributed by atoms with Crippen molar-refractivity contribution in [2.45, 2.75) is 46.1 Å². The molecule has 3 heteroatoms. The smallest absolute Gasteiger partial charge is 0.0624 e. The van der Waals surface area contributed by atoms with Crippen LogP contribution >= 0.6 is 0 Å². The van der Waals surface area contributed by atoms with Crippen LogP contribution in [0.1, 0.15) is 35.0 Å². The van der Waals surface area contributed by atoms with Gasteiger partial charge in [-0.2, -0.15) is 5.10 Å². The molecule has 0 bridgehead atoms. The Kier molecular flexibility index (Phi) is 5.18. The molecule has 0 saturated carbocycles. The van der Waals surface area contributed by atoms with E-state index in [1.54, 1.807) is 0 Å². The average Bonchev–Trinajstić information content (AvgIpc) is 2.82. The van der Waals surface area contributed by atoms with Crippen LogP contribution < -0.4 is 5.32 Å². The van der Waals surface area contributed by atoms with Gasteiger partial charge in [-0.25, -0.2) is 0 Å². The maximum absolute atomic E-state index is 4.54. The van der Waals surface area contributed by atoms with Gasteiger partial charge in [0.25, 0.3) is 0 Å². The zero-order valence-electron chi connectivity index (χ0n) is 13.9. The summed E-state index contributed by atoms with van der Waals surface area (Å²) in [5.41, 5.74) is 6.61. The van der Waals surface area contributed by atoms with Crippen LogP contribution in [0, 0.1) is 13.8 Å². The van der Waals surface area contributed by atoms with Crippen molar-refractivity contribution < 1.29 is 0 Å². The lowest BCUT2D eigenvalue weighted by Gasteiger charge is -2.17. The second-order valence-electron chi connectivity index (χ2n) is 5.92. The first-order valence-electron chi connectivity index (χ1n) is 7.78. The van der Waals surface area contributed by atoms with Gasteiger partial charge >= 0.3 is 0 Å². The SMILES string of the molecule is CCc1cc(CC(Cc2ccc(C)c(C)c2)NC)n(C)n1. The number of aryl methyl sites for hydroxylation is 4. The van der Waals surface area contributed by atoms with Gasteiger partial charge in [0.05, 0.1) is 5.69 Å². The maximum Gasteiger partial charge on any atom is 0.0624 e. The topological polar surface area (TPSA) is 29.9 Å². The fraction of sp³-hybridized carbons (Fsp3) is 0.500. The molecule has 2 aromatic rings. The normalized spacial score (nSPS) is 12.6. The van der Waals surface area contributed by atoms with Crippen molar-refractivity contribution in [2.75, 3.05) is 7.05 Å². The minimum Gasteiger partial charge on any atom is -0.316 e. The van der Waals surface area contributed by atoms with E-state index >= 15 is 0 Å². The molecule has 0 aliphatic rings. The molecule has 1 heterocycles. The predicted molar refractivity (Wildman–Crippen MR) is 88.8 cm³/mol. The minimum atomic E-state index is 0.437. The Morgan fingerprint density at radius 3 is 2.48 bits per heavy atom. The number of aromatic nitrogens is 2. The van der Waals surface area contributed by atoms with Crippen LogP contribution in [0.15, 0.2) is 24.3 Å². The lowest BCUT2D eigenvalue weighted by atomic mass is 9.98. The summed E-state index contributed by atoms with van der Waals surface area (Å²) in [6, 6.07) is 9.43. The number of likely N-dealkylation sites (N-methyl/N-ethyl adjacent to an activating group) is 1. The van der Waals surface area contributed by atoms with Gasteiger partial charge in [-0.1, -0.05) is 25.1 Å². The third-order valence-electron chi connectivity index (χ3n) is 4.31. The highest BCUT2D eigenvalue weighted by Crippen LogP contribution is 2.14. The van der Waals surface area contributed by atoms with Crippen LogP contribution in [-0.2, 0) is 26.3 Å². The molecule has 1 unspecified atom stereocenters. The average molecular weight is 285 g/mol. The molecule has 0 spiro atoms. The summed E-state index contributed by atoms with van der Waals surface area (Å²) in [6.45, 7) is 6.50. The van der Waals surface area contributed by atoms with Crippen molar-refractivity contribution in [1.82, 2.24) is 15.1 Å². The molecule has 1 N–H and O–H groups in total. The van der Waals surface area contributed by atoms with E-state index in [-0.39, 0.29) is 0 Å². The largest absolute Gasteiger partial charge is 0.316 e. The Morgan fingerprint density at radius 2 is 1.90 bits per heavy atom. The lowest BCUT2D eigenvalue weighted by Crippen LogP contribution is -2.30. The van der Waals surface area contributed by atoms with Crippen molar-refractivity contribution in [3.8, 4) is 0 Å². The summed E-state index contributed by atoms with van der Waals surface area (Å²) in [5.74, 6) is 0. The van der Waals surface area contributed by atoms with E-state index < -0.39 is 0 Å². The highest BCUT2D eigenvalue weighted by atomic mass is 15.3. The third kappa shape index (κ3) is 3.94. The fourth-order valence-corrected chi connectivity index (χ4v) is 2.68. The molecule has 0 aliphatic carbocycles. The lowest BCUT2D eigenvalue weighted by molar-refractivity contribution is 0.533. The number of benzene rings is 1. The van der Waals surface area contributed by atoms with Gasteiger partial charge < -0.3 is 5.32 Å². The number of hydrogen-bond donors (Lipinski definition) is 1. The summed E-state index contributed by atoms with van der Waals surface area (Å²) >= 11 is 0. The Morgan fingerprint density at radius 1 is 1.14 bits per heavy atom. The molecule has 3 nitrogen and oxygen atoms in total. The fourth-order valence-electron chi connectivity index (χ4n) is 2.68. The molecule has 2 rings (SSSR count). The van der Waals surface area contributed by atoms with E-state index in [2.05, 4.69) is 55.5 Å². The van der Waals surface area contributed by atoms with Crippen LogP contribution in [-0.4, -0.2) is 22.9 Å². The monoisotopic (exact) mass is 285 g/mol. The van der Waals surface area contributed by atoms with Crippen LogP contribution in [0.25, 0.3) is 0 Å². The first-order valence-corrected chi connectivity index (χ1v) is 7.78. The summed E-state index contributed by atoms with van der Waals surface area (Å²) < 4.78 is 2.02. The molecule has 21 heavy (non-hydrogen) atoms. The Labute approximate surface area is 128 Å². The molecule has 0 aliphatic heterocycles. The van der Waals surface area contributed by atoms with E-state index in [4.69, 9.17) is 0 Å². The summed E-state index contributed by atoms with van der Waals surface area (Å²) in [5, 5.41) is 7.98. The third-order valence-corrected chi connectivity index (χ3v) is 4.31. The van der Waals surface area contributed by atoms with Crippen molar-refractivity contribution in [3.63, 3.8) is 0 Å². The summed E-state index contributed by atoms with van der Waals surface area (Å²) in [6.07, 6.45) is 3.05. The summed E-state index contributed by atoms with van der Waals surface area (Å²) in [4.78, 5) is 0.